The van der Waals surface area contributed by atoms with Gasteiger partial charge in [0.2, 0.25) is 0 Å². The summed E-state index contributed by atoms with van der Waals surface area (Å²) in [6.07, 6.45) is 6.68. The second-order valence-electron chi connectivity index (χ2n) is 5.12. The normalized spacial score (nSPS) is 24.7. The molecular weight excluding hydrogens is 226 g/mol. The Balaban J connectivity index is 1.93. The number of hydrogen-bond acceptors (Lipinski definition) is 4. The van der Waals surface area contributed by atoms with Gasteiger partial charge in [0.15, 0.2) is 5.82 Å². The monoisotopic (exact) mass is 245 g/mol. The molecule has 0 aliphatic carbocycles. The predicted octanol–water partition coefficient (Wildman–Crippen LogP) is 1.15. The SMILES string of the molecule is CC1CCN(c2nccn3nccc23)CC1CN. The van der Waals surface area contributed by atoms with Crippen molar-refractivity contribution in [2.24, 2.45) is 17.6 Å². The van der Waals surface area contributed by atoms with Crippen LogP contribution in [0.3, 0.4) is 0 Å². The molecule has 96 valence electrons. The van der Waals surface area contributed by atoms with Crippen LogP contribution in [0.1, 0.15) is 13.3 Å². The zero-order valence-electron chi connectivity index (χ0n) is 10.7. The zero-order chi connectivity index (χ0) is 12.5. The van der Waals surface area contributed by atoms with E-state index in [0.29, 0.717) is 11.8 Å². The van der Waals surface area contributed by atoms with E-state index in [-0.39, 0.29) is 0 Å². The maximum atomic E-state index is 5.86. The molecule has 1 aliphatic rings. The van der Waals surface area contributed by atoms with E-state index in [1.807, 2.05) is 29.2 Å². The van der Waals surface area contributed by atoms with Crippen LogP contribution < -0.4 is 10.6 Å². The van der Waals surface area contributed by atoms with Gasteiger partial charge in [0.1, 0.15) is 5.52 Å². The lowest BCUT2D eigenvalue weighted by Crippen LogP contribution is -2.43. The highest BCUT2D eigenvalue weighted by molar-refractivity contribution is 5.68. The highest BCUT2D eigenvalue weighted by Gasteiger charge is 2.26. The summed E-state index contributed by atoms with van der Waals surface area (Å²) in [7, 11) is 0. The van der Waals surface area contributed by atoms with Crippen molar-refractivity contribution in [2.75, 3.05) is 24.5 Å². The number of anilines is 1. The van der Waals surface area contributed by atoms with Crippen LogP contribution in [0.15, 0.2) is 24.7 Å². The van der Waals surface area contributed by atoms with Crippen molar-refractivity contribution in [1.29, 1.82) is 0 Å². The van der Waals surface area contributed by atoms with Crippen molar-refractivity contribution in [3.8, 4) is 0 Å². The predicted molar refractivity (Wildman–Crippen MR) is 71.5 cm³/mol. The summed E-state index contributed by atoms with van der Waals surface area (Å²) < 4.78 is 1.87. The maximum absolute atomic E-state index is 5.86. The molecule has 2 unspecified atom stereocenters. The first kappa shape index (κ1) is 11.5. The van der Waals surface area contributed by atoms with Crippen molar-refractivity contribution in [3.05, 3.63) is 24.7 Å². The number of hydrogen-bond donors (Lipinski definition) is 1. The Morgan fingerprint density at radius 3 is 3.17 bits per heavy atom. The summed E-state index contributed by atoms with van der Waals surface area (Å²) in [6.45, 7) is 5.09. The first-order valence-electron chi connectivity index (χ1n) is 6.53. The summed E-state index contributed by atoms with van der Waals surface area (Å²) in [5.74, 6) is 2.29. The fraction of sp³-hybridized carbons (Fsp3) is 0.538. The minimum Gasteiger partial charge on any atom is -0.354 e. The van der Waals surface area contributed by atoms with E-state index >= 15 is 0 Å². The van der Waals surface area contributed by atoms with Crippen molar-refractivity contribution in [3.63, 3.8) is 0 Å². The average molecular weight is 245 g/mol. The molecule has 0 spiro atoms. The number of fused-ring (bicyclic) bond motifs is 1. The molecule has 0 saturated carbocycles. The van der Waals surface area contributed by atoms with E-state index in [9.17, 15) is 0 Å². The molecule has 2 aromatic rings. The molecule has 2 aromatic heterocycles. The third-order valence-electron chi connectivity index (χ3n) is 4.02. The highest BCUT2D eigenvalue weighted by atomic mass is 15.3. The summed E-state index contributed by atoms with van der Waals surface area (Å²) in [5, 5.41) is 4.25. The van der Waals surface area contributed by atoms with Gasteiger partial charge in [-0.3, -0.25) is 0 Å². The Morgan fingerprint density at radius 1 is 1.44 bits per heavy atom. The molecule has 3 heterocycles. The molecule has 0 amide bonds. The molecule has 0 bridgehead atoms. The Morgan fingerprint density at radius 2 is 2.33 bits per heavy atom. The number of nitrogens with two attached hydrogens (primary N) is 1. The molecule has 18 heavy (non-hydrogen) atoms. The van der Waals surface area contributed by atoms with Crippen LogP contribution in [0.4, 0.5) is 5.82 Å². The van der Waals surface area contributed by atoms with Gasteiger partial charge in [0.25, 0.3) is 0 Å². The van der Waals surface area contributed by atoms with Crippen LogP contribution in [-0.2, 0) is 0 Å². The van der Waals surface area contributed by atoms with Crippen LogP contribution in [-0.4, -0.2) is 34.2 Å². The van der Waals surface area contributed by atoms with Gasteiger partial charge in [-0.05, 0) is 30.9 Å². The van der Waals surface area contributed by atoms with Crippen LogP contribution in [0, 0.1) is 11.8 Å². The van der Waals surface area contributed by atoms with Gasteiger partial charge in [-0.1, -0.05) is 6.92 Å². The summed E-state index contributed by atoms with van der Waals surface area (Å²) in [4.78, 5) is 6.86. The van der Waals surface area contributed by atoms with Gasteiger partial charge in [-0.25, -0.2) is 9.50 Å². The molecule has 0 radical (unpaired) electrons. The molecule has 2 atom stereocenters. The molecule has 1 aliphatic heterocycles. The van der Waals surface area contributed by atoms with E-state index < -0.39 is 0 Å². The van der Waals surface area contributed by atoms with Crippen molar-refractivity contribution >= 4 is 11.3 Å². The Kier molecular flexibility index (Phi) is 2.91. The van der Waals surface area contributed by atoms with Gasteiger partial charge in [-0.15, -0.1) is 0 Å². The van der Waals surface area contributed by atoms with E-state index in [2.05, 4.69) is 21.9 Å². The fourth-order valence-corrected chi connectivity index (χ4v) is 2.74. The largest absolute Gasteiger partial charge is 0.354 e. The minimum absolute atomic E-state index is 0.559. The zero-order valence-corrected chi connectivity index (χ0v) is 10.7. The van der Waals surface area contributed by atoms with E-state index in [1.165, 1.54) is 6.42 Å². The van der Waals surface area contributed by atoms with Crippen molar-refractivity contribution < 1.29 is 0 Å². The first-order chi connectivity index (χ1) is 8.79. The average Bonchev–Trinajstić information content (AvgIpc) is 2.87. The van der Waals surface area contributed by atoms with Crippen LogP contribution in [0.25, 0.3) is 5.52 Å². The molecule has 1 saturated heterocycles. The number of aromatic nitrogens is 3. The summed E-state index contributed by atoms with van der Waals surface area (Å²) in [5.41, 5.74) is 6.93. The maximum Gasteiger partial charge on any atom is 0.154 e. The van der Waals surface area contributed by atoms with E-state index in [1.54, 1.807) is 0 Å². The molecule has 0 aromatic carbocycles. The third kappa shape index (κ3) is 1.84. The highest BCUT2D eigenvalue weighted by Crippen LogP contribution is 2.27. The van der Waals surface area contributed by atoms with E-state index in [4.69, 9.17) is 5.73 Å². The number of rotatable bonds is 2. The minimum atomic E-state index is 0.559. The molecule has 2 N–H and O–H groups in total. The molecule has 1 fully saturated rings. The van der Waals surface area contributed by atoms with Gasteiger partial charge in [0, 0.05) is 25.5 Å². The standard InChI is InChI=1S/C13H19N5/c1-10-3-6-17(9-11(10)8-14)13-12-2-4-16-18(12)7-5-15-13/h2,4-5,7,10-11H,3,6,8-9,14H2,1H3. The summed E-state index contributed by atoms with van der Waals surface area (Å²) in [6, 6.07) is 2.01. The van der Waals surface area contributed by atoms with Gasteiger partial charge < -0.3 is 10.6 Å². The van der Waals surface area contributed by atoms with Gasteiger partial charge in [-0.2, -0.15) is 5.10 Å². The fourth-order valence-electron chi connectivity index (χ4n) is 2.74. The summed E-state index contributed by atoms with van der Waals surface area (Å²) >= 11 is 0. The van der Waals surface area contributed by atoms with Crippen LogP contribution in [0.5, 0.6) is 0 Å². The van der Waals surface area contributed by atoms with Gasteiger partial charge in [0.05, 0.1) is 6.20 Å². The molecule has 5 heteroatoms. The number of piperidine rings is 1. The smallest absolute Gasteiger partial charge is 0.154 e. The Bertz CT molecular complexity index is 535. The van der Waals surface area contributed by atoms with Crippen LogP contribution >= 0.6 is 0 Å². The first-order valence-corrected chi connectivity index (χ1v) is 6.53. The lowest BCUT2D eigenvalue weighted by molar-refractivity contribution is 0.307. The lowest BCUT2D eigenvalue weighted by Gasteiger charge is -2.37. The van der Waals surface area contributed by atoms with E-state index in [0.717, 1.165) is 31.0 Å². The quantitative estimate of drug-likeness (QED) is 0.862. The Labute approximate surface area is 107 Å². The van der Waals surface area contributed by atoms with Crippen molar-refractivity contribution in [1.82, 2.24) is 14.6 Å². The second kappa shape index (κ2) is 4.57. The molecule has 3 rings (SSSR count). The second-order valence-corrected chi connectivity index (χ2v) is 5.12. The topological polar surface area (TPSA) is 59.5 Å². The third-order valence-corrected chi connectivity index (χ3v) is 4.02. The number of nitrogens with zero attached hydrogens (tertiary/aromatic N) is 4. The van der Waals surface area contributed by atoms with Crippen molar-refractivity contribution in [2.45, 2.75) is 13.3 Å². The van der Waals surface area contributed by atoms with Gasteiger partial charge >= 0.3 is 0 Å². The molecular formula is C13H19N5. The lowest BCUT2D eigenvalue weighted by atomic mass is 9.87. The Hall–Kier alpha value is -1.62. The molecule has 5 nitrogen and oxygen atoms in total. The van der Waals surface area contributed by atoms with Crippen LogP contribution in [0.2, 0.25) is 0 Å².